The van der Waals surface area contributed by atoms with Gasteiger partial charge in [-0.2, -0.15) is 0 Å². The van der Waals surface area contributed by atoms with E-state index in [4.69, 9.17) is 15.2 Å². The highest BCUT2D eigenvalue weighted by Gasteiger charge is 1.98. The van der Waals surface area contributed by atoms with Gasteiger partial charge in [-0.05, 0) is 30.7 Å². The molecule has 3 heteroatoms. The Balaban J connectivity index is 1.78. The second-order valence-electron chi connectivity index (χ2n) is 4.03. The number of hydrogen-bond acceptors (Lipinski definition) is 3. The van der Waals surface area contributed by atoms with Crippen LogP contribution in [0.2, 0.25) is 0 Å². The molecule has 0 spiro atoms. The van der Waals surface area contributed by atoms with Gasteiger partial charge in [-0.15, -0.1) is 0 Å². The summed E-state index contributed by atoms with van der Waals surface area (Å²) in [6.07, 6.45) is 0. The number of nitrogen functional groups attached to an aromatic ring is 1. The summed E-state index contributed by atoms with van der Waals surface area (Å²) in [5.41, 5.74) is 7.49. The van der Waals surface area contributed by atoms with Gasteiger partial charge in [0.1, 0.15) is 24.7 Å². The number of benzene rings is 2. The molecule has 0 aromatic heterocycles. The number of hydrogen-bond donors (Lipinski definition) is 1. The van der Waals surface area contributed by atoms with Crippen molar-refractivity contribution in [3.63, 3.8) is 0 Å². The lowest BCUT2D eigenvalue weighted by atomic mass is 10.2. The standard InChI is InChI=1S/C15H17NO2/c1-12-5-2-3-8-15(12)18-10-9-17-14-7-4-6-13(16)11-14/h2-8,11H,9-10,16H2,1H3. The van der Waals surface area contributed by atoms with E-state index in [1.54, 1.807) is 6.07 Å². The van der Waals surface area contributed by atoms with E-state index in [1.165, 1.54) is 0 Å². The molecule has 0 saturated carbocycles. The van der Waals surface area contributed by atoms with Gasteiger partial charge in [-0.3, -0.25) is 0 Å². The number of ether oxygens (including phenoxy) is 2. The summed E-state index contributed by atoms with van der Waals surface area (Å²) in [5.74, 6) is 1.66. The van der Waals surface area contributed by atoms with Crippen molar-refractivity contribution in [1.29, 1.82) is 0 Å². The lowest BCUT2D eigenvalue weighted by Gasteiger charge is -2.10. The Hall–Kier alpha value is -2.16. The number of anilines is 1. The van der Waals surface area contributed by atoms with Crippen LogP contribution < -0.4 is 15.2 Å². The second kappa shape index (κ2) is 5.96. The fraction of sp³-hybridized carbons (Fsp3) is 0.200. The van der Waals surface area contributed by atoms with E-state index < -0.39 is 0 Å². The van der Waals surface area contributed by atoms with Crippen molar-refractivity contribution in [1.82, 2.24) is 0 Å². The number of nitrogens with two attached hydrogens (primary N) is 1. The molecule has 2 rings (SSSR count). The highest BCUT2D eigenvalue weighted by molar-refractivity contribution is 5.43. The van der Waals surface area contributed by atoms with Gasteiger partial charge in [0.05, 0.1) is 0 Å². The maximum Gasteiger partial charge on any atom is 0.122 e. The minimum atomic E-state index is 0.498. The minimum Gasteiger partial charge on any atom is -0.490 e. The Bertz CT molecular complexity index is 511. The monoisotopic (exact) mass is 243 g/mol. The predicted molar refractivity (Wildman–Crippen MR) is 73.0 cm³/mol. The van der Waals surface area contributed by atoms with Crippen LogP contribution in [0.4, 0.5) is 5.69 Å². The van der Waals surface area contributed by atoms with Crippen LogP contribution in [0.5, 0.6) is 11.5 Å². The molecule has 0 fully saturated rings. The van der Waals surface area contributed by atoms with Crippen LogP contribution in [0, 0.1) is 6.92 Å². The SMILES string of the molecule is Cc1ccccc1OCCOc1cccc(N)c1. The maximum atomic E-state index is 5.66. The van der Waals surface area contributed by atoms with E-state index >= 15 is 0 Å². The van der Waals surface area contributed by atoms with Gasteiger partial charge in [-0.1, -0.05) is 24.3 Å². The molecule has 0 bridgehead atoms. The largest absolute Gasteiger partial charge is 0.490 e. The molecule has 0 atom stereocenters. The van der Waals surface area contributed by atoms with Crippen LogP contribution in [-0.2, 0) is 0 Å². The molecule has 0 amide bonds. The van der Waals surface area contributed by atoms with Crippen molar-refractivity contribution in [3.8, 4) is 11.5 Å². The molecular weight excluding hydrogens is 226 g/mol. The number of para-hydroxylation sites is 1. The first-order valence-corrected chi connectivity index (χ1v) is 5.92. The van der Waals surface area contributed by atoms with Crippen molar-refractivity contribution < 1.29 is 9.47 Å². The van der Waals surface area contributed by atoms with Crippen LogP contribution in [0.15, 0.2) is 48.5 Å². The average molecular weight is 243 g/mol. The Kier molecular flexibility index (Phi) is 4.07. The third kappa shape index (κ3) is 3.42. The van der Waals surface area contributed by atoms with Gasteiger partial charge in [0, 0.05) is 11.8 Å². The highest BCUT2D eigenvalue weighted by Crippen LogP contribution is 2.17. The van der Waals surface area contributed by atoms with Crippen molar-refractivity contribution in [3.05, 3.63) is 54.1 Å². The van der Waals surface area contributed by atoms with E-state index in [0.717, 1.165) is 17.1 Å². The van der Waals surface area contributed by atoms with Gasteiger partial charge in [0.25, 0.3) is 0 Å². The van der Waals surface area contributed by atoms with Crippen molar-refractivity contribution in [2.45, 2.75) is 6.92 Å². The van der Waals surface area contributed by atoms with Gasteiger partial charge in [-0.25, -0.2) is 0 Å². The first-order valence-electron chi connectivity index (χ1n) is 5.92. The van der Waals surface area contributed by atoms with E-state index in [2.05, 4.69) is 0 Å². The van der Waals surface area contributed by atoms with Crippen molar-refractivity contribution >= 4 is 5.69 Å². The fourth-order valence-electron chi connectivity index (χ4n) is 1.63. The molecule has 0 unspecified atom stereocenters. The van der Waals surface area contributed by atoms with Gasteiger partial charge >= 0.3 is 0 Å². The van der Waals surface area contributed by atoms with Crippen molar-refractivity contribution in [2.24, 2.45) is 0 Å². The van der Waals surface area contributed by atoms with Crippen LogP contribution in [0.1, 0.15) is 5.56 Å². The van der Waals surface area contributed by atoms with Crippen LogP contribution >= 0.6 is 0 Å². The van der Waals surface area contributed by atoms with E-state index in [9.17, 15) is 0 Å². The van der Waals surface area contributed by atoms with Crippen molar-refractivity contribution in [2.75, 3.05) is 18.9 Å². The zero-order valence-electron chi connectivity index (χ0n) is 10.4. The molecule has 0 heterocycles. The lowest BCUT2D eigenvalue weighted by Crippen LogP contribution is -2.09. The first kappa shape index (κ1) is 12.3. The molecule has 0 aliphatic heterocycles. The molecule has 2 aromatic rings. The van der Waals surface area contributed by atoms with Gasteiger partial charge < -0.3 is 15.2 Å². The Labute approximate surface area is 107 Å². The van der Waals surface area contributed by atoms with Crippen LogP contribution in [-0.4, -0.2) is 13.2 Å². The van der Waals surface area contributed by atoms with Gasteiger partial charge in [0.15, 0.2) is 0 Å². The van der Waals surface area contributed by atoms with Gasteiger partial charge in [0.2, 0.25) is 0 Å². The molecule has 0 aliphatic carbocycles. The summed E-state index contributed by atoms with van der Waals surface area (Å²) >= 11 is 0. The average Bonchev–Trinajstić information content (AvgIpc) is 2.37. The molecule has 94 valence electrons. The molecule has 3 nitrogen and oxygen atoms in total. The summed E-state index contributed by atoms with van der Waals surface area (Å²) in [4.78, 5) is 0. The zero-order valence-corrected chi connectivity index (χ0v) is 10.4. The maximum absolute atomic E-state index is 5.66. The molecule has 2 N–H and O–H groups in total. The third-order valence-electron chi connectivity index (χ3n) is 2.56. The lowest BCUT2D eigenvalue weighted by molar-refractivity contribution is 0.216. The Morgan fingerprint density at radius 1 is 0.944 bits per heavy atom. The topological polar surface area (TPSA) is 44.5 Å². The number of rotatable bonds is 5. The van der Waals surface area contributed by atoms with E-state index in [0.29, 0.717) is 18.9 Å². The molecule has 0 aliphatic rings. The third-order valence-corrected chi connectivity index (χ3v) is 2.56. The smallest absolute Gasteiger partial charge is 0.122 e. The minimum absolute atomic E-state index is 0.498. The second-order valence-corrected chi connectivity index (χ2v) is 4.03. The molecular formula is C15H17NO2. The Morgan fingerprint density at radius 2 is 1.72 bits per heavy atom. The summed E-state index contributed by atoms with van der Waals surface area (Å²) in [6.45, 7) is 3.03. The van der Waals surface area contributed by atoms with E-state index in [-0.39, 0.29) is 0 Å². The highest BCUT2D eigenvalue weighted by atomic mass is 16.5. The molecule has 2 aromatic carbocycles. The molecule has 0 radical (unpaired) electrons. The fourth-order valence-corrected chi connectivity index (χ4v) is 1.63. The number of aryl methyl sites for hydroxylation is 1. The summed E-state index contributed by atoms with van der Waals surface area (Å²) in [6, 6.07) is 15.3. The molecule has 0 saturated heterocycles. The first-order chi connectivity index (χ1) is 8.75. The van der Waals surface area contributed by atoms with Crippen LogP contribution in [0.25, 0.3) is 0 Å². The Morgan fingerprint density at radius 3 is 2.50 bits per heavy atom. The quantitative estimate of drug-likeness (QED) is 0.648. The summed E-state index contributed by atoms with van der Waals surface area (Å²) in [7, 11) is 0. The van der Waals surface area contributed by atoms with Crippen LogP contribution in [0.3, 0.4) is 0 Å². The summed E-state index contributed by atoms with van der Waals surface area (Å²) < 4.78 is 11.2. The predicted octanol–water partition coefficient (Wildman–Crippen LogP) is 3.04. The normalized spacial score (nSPS) is 10.1. The van der Waals surface area contributed by atoms with E-state index in [1.807, 2.05) is 49.4 Å². The molecule has 18 heavy (non-hydrogen) atoms. The summed E-state index contributed by atoms with van der Waals surface area (Å²) in [5, 5.41) is 0. The zero-order chi connectivity index (χ0) is 12.8.